The zero-order chi connectivity index (χ0) is 14.4. The first-order valence-corrected chi connectivity index (χ1v) is 6.72. The molecule has 0 unspecified atom stereocenters. The Morgan fingerprint density at radius 3 is 2.60 bits per heavy atom. The second-order valence-corrected chi connectivity index (χ2v) is 4.96. The van der Waals surface area contributed by atoms with Crippen LogP contribution in [0.15, 0.2) is 24.3 Å². The zero-order valence-corrected chi connectivity index (χ0v) is 11.6. The van der Waals surface area contributed by atoms with Crippen molar-refractivity contribution in [3.63, 3.8) is 0 Å². The molecule has 0 atom stereocenters. The van der Waals surface area contributed by atoms with Crippen LogP contribution in [0.3, 0.4) is 0 Å². The molecule has 2 rings (SSSR count). The average Bonchev–Trinajstić information content (AvgIpc) is 2.45. The van der Waals surface area contributed by atoms with Crippen molar-refractivity contribution in [2.45, 2.75) is 24.9 Å². The third-order valence-corrected chi connectivity index (χ3v) is 3.73. The molecule has 4 heteroatoms. The van der Waals surface area contributed by atoms with Crippen LogP contribution < -0.4 is 5.32 Å². The summed E-state index contributed by atoms with van der Waals surface area (Å²) in [5.74, 6) is 5.26. The molecule has 0 bridgehead atoms. The number of aliphatic hydroxyl groups is 1. The minimum absolute atomic E-state index is 0.102. The van der Waals surface area contributed by atoms with E-state index in [1.54, 1.807) is 31.4 Å². The number of ether oxygens (including phenoxy) is 1. The molecule has 1 fully saturated rings. The lowest BCUT2D eigenvalue weighted by molar-refractivity contribution is -0.0679. The van der Waals surface area contributed by atoms with Gasteiger partial charge in [0.05, 0.1) is 5.60 Å². The van der Waals surface area contributed by atoms with Crippen LogP contribution in [0.2, 0.25) is 0 Å². The molecule has 1 aliphatic rings. The highest BCUT2D eigenvalue weighted by Gasteiger charge is 2.37. The van der Waals surface area contributed by atoms with Gasteiger partial charge in [0.1, 0.15) is 6.61 Å². The summed E-state index contributed by atoms with van der Waals surface area (Å²) in [4.78, 5) is 12.0. The van der Waals surface area contributed by atoms with E-state index in [4.69, 9.17) is 9.84 Å². The van der Waals surface area contributed by atoms with Gasteiger partial charge in [-0.25, -0.2) is 0 Å². The van der Waals surface area contributed by atoms with Crippen LogP contribution in [-0.2, 0) is 4.74 Å². The number of aliphatic hydroxyl groups excluding tert-OH is 1. The largest absolute Gasteiger partial charge is 0.384 e. The Kier molecular flexibility index (Phi) is 4.78. The predicted octanol–water partition coefficient (Wildman–Crippen LogP) is 1.33. The summed E-state index contributed by atoms with van der Waals surface area (Å²) in [6.07, 6.45) is 3.15. The van der Waals surface area contributed by atoms with Gasteiger partial charge in [0, 0.05) is 24.8 Å². The molecule has 1 aromatic rings. The van der Waals surface area contributed by atoms with E-state index in [1.807, 2.05) is 0 Å². The van der Waals surface area contributed by atoms with E-state index in [0.717, 1.165) is 24.8 Å². The molecule has 0 aliphatic heterocycles. The lowest BCUT2D eigenvalue weighted by Crippen LogP contribution is -2.49. The van der Waals surface area contributed by atoms with E-state index in [-0.39, 0.29) is 18.1 Å². The molecule has 0 spiro atoms. The van der Waals surface area contributed by atoms with Crippen molar-refractivity contribution in [3.8, 4) is 11.8 Å². The minimum atomic E-state index is -0.165. The predicted molar refractivity (Wildman–Crippen MR) is 76.3 cm³/mol. The third-order valence-electron chi connectivity index (χ3n) is 3.73. The molecule has 1 saturated carbocycles. The van der Waals surface area contributed by atoms with Crippen molar-refractivity contribution < 1.29 is 14.6 Å². The molecule has 20 heavy (non-hydrogen) atoms. The maximum atomic E-state index is 12.0. The highest BCUT2D eigenvalue weighted by atomic mass is 16.5. The van der Waals surface area contributed by atoms with Crippen molar-refractivity contribution in [2.75, 3.05) is 20.3 Å². The quantitative estimate of drug-likeness (QED) is 0.814. The zero-order valence-electron chi connectivity index (χ0n) is 11.6. The van der Waals surface area contributed by atoms with Crippen molar-refractivity contribution in [1.29, 1.82) is 0 Å². The first-order valence-electron chi connectivity index (χ1n) is 6.72. The van der Waals surface area contributed by atoms with Gasteiger partial charge in [0.2, 0.25) is 0 Å². The number of hydrogen-bond donors (Lipinski definition) is 2. The molecule has 1 amide bonds. The van der Waals surface area contributed by atoms with Gasteiger partial charge in [-0.15, -0.1) is 0 Å². The van der Waals surface area contributed by atoms with Crippen LogP contribution in [0.1, 0.15) is 35.2 Å². The molecular formula is C16H19NO3. The van der Waals surface area contributed by atoms with Crippen LogP contribution in [-0.4, -0.2) is 36.9 Å². The van der Waals surface area contributed by atoms with Crippen molar-refractivity contribution in [1.82, 2.24) is 5.32 Å². The number of hydrogen-bond acceptors (Lipinski definition) is 3. The SMILES string of the molecule is COC1(CNC(=O)c2ccc(C#CCO)cc2)CCC1. The topological polar surface area (TPSA) is 58.6 Å². The number of nitrogens with one attached hydrogen (secondary N) is 1. The number of benzene rings is 1. The fourth-order valence-electron chi connectivity index (χ4n) is 2.21. The lowest BCUT2D eigenvalue weighted by atomic mass is 9.80. The van der Waals surface area contributed by atoms with Gasteiger partial charge in [-0.1, -0.05) is 11.8 Å². The smallest absolute Gasteiger partial charge is 0.251 e. The van der Waals surface area contributed by atoms with Crippen LogP contribution in [0.25, 0.3) is 0 Å². The van der Waals surface area contributed by atoms with Gasteiger partial charge >= 0.3 is 0 Å². The van der Waals surface area contributed by atoms with Crippen LogP contribution >= 0.6 is 0 Å². The number of methoxy groups -OCH3 is 1. The van der Waals surface area contributed by atoms with E-state index in [1.165, 1.54) is 0 Å². The Morgan fingerprint density at radius 2 is 2.10 bits per heavy atom. The molecule has 0 heterocycles. The molecule has 0 aromatic heterocycles. The molecule has 0 radical (unpaired) electrons. The second kappa shape index (κ2) is 6.56. The molecule has 0 saturated heterocycles. The normalized spacial score (nSPS) is 15.7. The van der Waals surface area contributed by atoms with Gasteiger partial charge in [0.15, 0.2) is 0 Å². The van der Waals surface area contributed by atoms with E-state index >= 15 is 0 Å². The van der Waals surface area contributed by atoms with Crippen LogP contribution in [0, 0.1) is 11.8 Å². The average molecular weight is 273 g/mol. The lowest BCUT2D eigenvalue weighted by Gasteiger charge is -2.40. The number of carbonyl (C=O) groups excluding carboxylic acids is 1. The van der Waals surface area contributed by atoms with E-state index < -0.39 is 0 Å². The Hall–Kier alpha value is -1.83. The molecular weight excluding hydrogens is 254 g/mol. The highest BCUT2D eigenvalue weighted by molar-refractivity contribution is 5.94. The Balaban J connectivity index is 1.92. The maximum absolute atomic E-state index is 12.0. The maximum Gasteiger partial charge on any atom is 0.251 e. The highest BCUT2D eigenvalue weighted by Crippen LogP contribution is 2.34. The summed E-state index contributed by atoms with van der Waals surface area (Å²) in [6, 6.07) is 7.01. The number of rotatable bonds is 4. The van der Waals surface area contributed by atoms with Crippen molar-refractivity contribution >= 4 is 5.91 Å². The second-order valence-electron chi connectivity index (χ2n) is 4.96. The fourth-order valence-corrected chi connectivity index (χ4v) is 2.21. The number of carbonyl (C=O) groups is 1. The standard InChI is InChI=1S/C16H19NO3/c1-20-16(9-3-10-16)12-17-15(19)14-7-5-13(6-8-14)4-2-11-18/h5-8,18H,3,9-12H2,1H3,(H,17,19). The molecule has 1 aliphatic carbocycles. The number of amides is 1. The molecule has 2 N–H and O–H groups in total. The molecule has 106 valence electrons. The summed E-state index contributed by atoms with van der Waals surface area (Å²) in [6.45, 7) is 0.385. The fraction of sp³-hybridized carbons (Fsp3) is 0.438. The van der Waals surface area contributed by atoms with Gasteiger partial charge in [-0.3, -0.25) is 4.79 Å². The van der Waals surface area contributed by atoms with E-state index in [9.17, 15) is 4.79 Å². The van der Waals surface area contributed by atoms with E-state index in [2.05, 4.69) is 17.2 Å². The summed E-state index contributed by atoms with van der Waals surface area (Å²) < 4.78 is 5.47. The Bertz CT molecular complexity index is 515. The van der Waals surface area contributed by atoms with Crippen molar-refractivity contribution in [2.24, 2.45) is 0 Å². The van der Waals surface area contributed by atoms with Gasteiger partial charge in [-0.05, 0) is 43.5 Å². The van der Waals surface area contributed by atoms with Crippen LogP contribution in [0.5, 0.6) is 0 Å². The third kappa shape index (κ3) is 3.38. The van der Waals surface area contributed by atoms with E-state index in [0.29, 0.717) is 12.1 Å². The monoisotopic (exact) mass is 273 g/mol. The molecule has 4 nitrogen and oxygen atoms in total. The summed E-state index contributed by atoms with van der Waals surface area (Å²) >= 11 is 0. The molecule has 1 aromatic carbocycles. The minimum Gasteiger partial charge on any atom is -0.384 e. The van der Waals surface area contributed by atoms with Crippen molar-refractivity contribution in [3.05, 3.63) is 35.4 Å². The summed E-state index contributed by atoms with van der Waals surface area (Å²) in [5, 5.41) is 11.5. The van der Waals surface area contributed by atoms with Gasteiger partial charge in [-0.2, -0.15) is 0 Å². The summed E-state index contributed by atoms with van der Waals surface area (Å²) in [5.41, 5.74) is 1.22. The Morgan fingerprint density at radius 1 is 1.40 bits per heavy atom. The van der Waals surface area contributed by atoms with Gasteiger partial charge in [0.25, 0.3) is 5.91 Å². The summed E-state index contributed by atoms with van der Waals surface area (Å²) in [7, 11) is 1.69. The van der Waals surface area contributed by atoms with Gasteiger partial charge < -0.3 is 15.2 Å². The Labute approximate surface area is 119 Å². The van der Waals surface area contributed by atoms with Crippen LogP contribution in [0.4, 0.5) is 0 Å². The first-order chi connectivity index (χ1) is 9.69. The first kappa shape index (κ1) is 14.6.